The van der Waals surface area contributed by atoms with Gasteiger partial charge in [-0.15, -0.1) is 0 Å². The molecule has 0 fully saturated rings. The largest absolute Gasteiger partial charge is 0.424 e. The highest BCUT2D eigenvalue weighted by Crippen LogP contribution is 2.43. The maximum atomic E-state index is 12.9. The number of pyridine rings is 2. The molecule has 0 saturated heterocycles. The monoisotopic (exact) mass is 613 g/mol. The number of carbonyl (C=O) groups excluding carboxylic acids is 1. The molecule has 0 radical (unpaired) electrons. The molecule has 1 unspecified atom stereocenters. The van der Waals surface area contributed by atoms with Crippen molar-refractivity contribution in [3.05, 3.63) is 64.9 Å². The molecule has 39 heavy (non-hydrogen) atoms. The van der Waals surface area contributed by atoms with Crippen LogP contribution in [0.3, 0.4) is 0 Å². The minimum atomic E-state index is -3.68. The van der Waals surface area contributed by atoms with Crippen molar-refractivity contribution in [2.45, 2.75) is 53.0 Å². The average Bonchev–Trinajstić information content (AvgIpc) is 3.22. The van der Waals surface area contributed by atoms with Crippen LogP contribution < -0.4 is 9.84 Å². The minimum absolute atomic E-state index is 0.0966. The summed E-state index contributed by atoms with van der Waals surface area (Å²) < 4.78 is 20.0. The van der Waals surface area contributed by atoms with E-state index in [9.17, 15) is 14.3 Å². The molecule has 0 bridgehead atoms. The zero-order valence-electron chi connectivity index (χ0n) is 22.3. The van der Waals surface area contributed by atoms with E-state index < -0.39 is 7.60 Å². The fraction of sp³-hybridized carbons (Fsp3) is 0.357. The summed E-state index contributed by atoms with van der Waals surface area (Å²) in [4.78, 5) is 31.8. The van der Waals surface area contributed by atoms with Crippen molar-refractivity contribution in [1.29, 1.82) is 0 Å². The van der Waals surface area contributed by atoms with Crippen LogP contribution >= 0.6 is 23.5 Å². The Balaban J connectivity index is 1.66. The first-order valence-electron chi connectivity index (χ1n) is 13.1. The molecule has 1 amide bonds. The maximum absolute atomic E-state index is 12.9. The molecule has 0 saturated carbocycles. The van der Waals surface area contributed by atoms with Crippen LogP contribution in [0.1, 0.15) is 56.8 Å². The van der Waals surface area contributed by atoms with Crippen LogP contribution in [-0.4, -0.2) is 36.7 Å². The zero-order chi connectivity index (χ0) is 28.0. The van der Waals surface area contributed by atoms with Gasteiger partial charge in [0.15, 0.2) is 11.5 Å². The van der Waals surface area contributed by atoms with Crippen LogP contribution in [-0.2, 0) is 11.1 Å². The summed E-state index contributed by atoms with van der Waals surface area (Å²) in [5, 5.41) is 8.35. The number of nitrogens with one attached hydrogen (secondary N) is 1. The Labute approximate surface area is 236 Å². The van der Waals surface area contributed by atoms with E-state index >= 15 is 0 Å². The number of rotatable bonds is 12. The number of carbonyl (C=O) groups is 1. The first-order valence-corrected chi connectivity index (χ1v) is 15.6. The number of aryl methyl sites for hydroxylation is 1. The highest BCUT2D eigenvalue weighted by atomic mass is 79.9. The SMILES string of the molecule is CCCP(=O)(O)Oc1ccc(-c2nc3c(cc2Br)c(NC(=O)c2cccnc2)nn3CCCCC(C)C)cc1. The smallest absolute Gasteiger partial charge is 0.376 e. The fourth-order valence-corrected chi connectivity index (χ4v) is 5.83. The lowest BCUT2D eigenvalue weighted by molar-refractivity contribution is 0.102. The van der Waals surface area contributed by atoms with Crippen LogP contribution in [0.4, 0.5) is 5.82 Å². The molecular formula is C28H33BrN5O4P. The predicted octanol–water partition coefficient (Wildman–Crippen LogP) is 7.31. The van der Waals surface area contributed by atoms with Gasteiger partial charge in [0.25, 0.3) is 5.91 Å². The molecule has 3 aromatic heterocycles. The van der Waals surface area contributed by atoms with Crippen LogP contribution in [0.15, 0.2) is 59.3 Å². The van der Waals surface area contributed by atoms with Crippen molar-refractivity contribution in [3.63, 3.8) is 0 Å². The van der Waals surface area contributed by atoms with Crippen LogP contribution in [0.2, 0.25) is 0 Å². The van der Waals surface area contributed by atoms with E-state index in [0.717, 1.165) is 29.3 Å². The topological polar surface area (TPSA) is 119 Å². The number of fused-ring (bicyclic) bond motifs is 1. The molecule has 11 heteroatoms. The maximum Gasteiger partial charge on any atom is 0.376 e. The van der Waals surface area contributed by atoms with E-state index in [2.05, 4.69) is 40.1 Å². The third-order valence-corrected chi connectivity index (χ3v) is 8.23. The van der Waals surface area contributed by atoms with Crippen molar-refractivity contribution < 1.29 is 18.8 Å². The fourth-order valence-electron chi connectivity index (χ4n) is 4.18. The van der Waals surface area contributed by atoms with Crippen LogP contribution in [0.5, 0.6) is 5.75 Å². The molecule has 0 aliphatic carbocycles. The van der Waals surface area contributed by atoms with Crippen molar-refractivity contribution in [2.24, 2.45) is 5.92 Å². The Morgan fingerprint density at radius 2 is 1.97 bits per heavy atom. The predicted molar refractivity (Wildman–Crippen MR) is 157 cm³/mol. The van der Waals surface area contributed by atoms with Gasteiger partial charge < -0.3 is 14.7 Å². The molecule has 4 aromatic rings. The Kier molecular flexibility index (Phi) is 9.53. The Morgan fingerprint density at radius 1 is 1.21 bits per heavy atom. The average molecular weight is 614 g/mol. The molecule has 1 aromatic carbocycles. The first kappa shape index (κ1) is 28.9. The summed E-state index contributed by atoms with van der Waals surface area (Å²) in [7, 11) is -3.68. The highest BCUT2D eigenvalue weighted by Gasteiger charge is 2.21. The summed E-state index contributed by atoms with van der Waals surface area (Å²) in [5.74, 6) is 1.09. The van der Waals surface area contributed by atoms with E-state index in [1.807, 2.05) is 17.7 Å². The van der Waals surface area contributed by atoms with Crippen molar-refractivity contribution >= 4 is 46.3 Å². The van der Waals surface area contributed by atoms with Gasteiger partial charge in [-0.3, -0.25) is 9.78 Å². The van der Waals surface area contributed by atoms with E-state index in [1.165, 1.54) is 6.20 Å². The number of amides is 1. The zero-order valence-corrected chi connectivity index (χ0v) is 24.8. The van der Waals surface area contributed by atoms with Gasteiger partial charge in [-0.2, -0.15) is 5.10 Å². The van der Waals surface area contributed by atoms with Crippen LogP contribution in [0.25, 0.3) is 22.3 Å². The molecule has 0 aliphatic heterocycles. The van der Waals surface area contributed by atoms with Gasteiger partial charge in [0.05, 0.1) is 22.8 Å². The second kappa shape index (κ2) is 12.9. The lowest BCUT2D eigenvalue weighted by Crippen LogP contribution is -2.13. The van der Waals surface area contributed by atoms with Gasteiger partial charge in [0, 0.05) is 29.0 Å². The summed E-state index contributed by atoms with van der Waals surface area (Å²) in [6.45, 7) is 6.91. The summed E-state index contributed by atoms with van der Waals surface area (Å²) in [6.07, 6.45) is 6.90. The number of anilines is 1. The van der Waals surface area contributed by atoms with E-state index in [4.69, 9.17) is 14.6 Å². The third kappa shape index (κ3) is 7.53. The molecule has 206 valence electrons. The van der Waals surface area contributed by atoms with Crippen molar-refractivity contribution in [3.8, 4) is 17.0 Å². The Hall–Kier alpha value is -3.07. The number of hydrogen-bond donors (Lipinski definition) is 2. The number of benzene rings is 1. The number of hydrogen-bond acceptors (Lipinski definition) is 6. The highest BCUT2D eigenvalue weighted by molar-refractivity contribution is 9.10. The van der Waals surface area contributed by atoms with Gasteiger partial charge in [-0.1, -0.05) is 33.6 Å². The van der Waals surface area contributed by atoms with E-state index in [-0.39, 0.29) is 12.1 Å². The Morgan fingerprint density at radius 3 is 2.64 bits per heavy atom. The number of unbranched alkanes of at least 4 members (excludes halogenated alkanes) is 1. The van der Waals surface area contributed by atoms with E-state index in [1.54, 1.807) is 42.6 Å². The van der Waals surface area contributed by atoms with Gasteiger partial charge in [0.2, 0.25) is 0 Å². The number of halogens is 1. The lowest BCUT2D eigenvalue weighted by atomic mass is 10.1. The third-order valence-electron chi connectivity index (χ3n) is 6.12. The summed E-state index contributed by atoms with van der Waals surface area (Å²) in [5.41, 5.74) is 2.58. The van der Waals surface area contributed by atoms with Crippen molar-refractivity contribution in [2.75, 3.05) is 11.5 Å². The van der Waals surface area contributed by atoms with Gasteiger partial charge >= 0.3 is 7.60 Å². The quantitative estimate of drug-likeness (QED) is 0.127. The second-order valence-electron chi connectivity index (χ2n) is 9.82. The molecule has 9 nitrogen and oxygen atoms in total. The van der Waals surface area contributed by atoms with E-state index in [0.29, 0.717) is 52.7 Å². The van der Waals surface area contributed by atoms with Crippen molar-refractivity contribution in [1.82, 2.24) is 19.7 Å². The molecule has 0 spiro atoms. The minimum Gasteiger partial charge on any atom is -0.424 e. The molecule has 2 N–H and O–H groups in total. The van der Waals surface area contributed by atoms with Gasteiger partial charge in [0.1, 0.15) is 5.75 Å². The molecule has 1 atom stereocenters. The molecule has 4 rings (SSSR count). The summed E-state index contributed by atoms with van der Waals surface area (Å²) in [6, 6.07) is 12.2. The molecule has 3 heterocycles. The van der Waals surface area contributed by atoms with Gasteiger partial charge in [-0.05, 0) is 77.2 Å². The van der Waals surface area contributed by atoms with Gasteiger partial charge in [-0.25, -0.2) is 14.2 Å². The lowest BCUT2D eigenvalue weighted by Gasteiger charge is -2.13. The summed E-state index contributed by atoms with van der Waals surface area (Å²) >= 11 is 3.64. The number of nitrogens with zero attached hydrogens (tertiary/aromatic N) is 4. The second-order valence-corrected chi connectivity index (χ2v) is 12.6. The molecular weight excluding hydrogens is 581 g/mol. The first-order chi connectivity index (χ1) is 18.7. The standard InChI is InChI=1S/C28H33BrN5O4P/c1-4-16-39(36,37)38-22-12-10-20(11-13-22)25-24(29)17-23-26(32-28(35)21-9-7-14-30-18-21)33-34(27(23)31-25)15-6-5-8-19(2)3/h7,9-14,17-19H,4-6,8,15-16H2,1-3H3,(H,36,37)(H,32,33,35). The molecule has 0 aliphatic rings. The van der Waals surface area contributed by atoms with Crippen LogP contribution in [0, 0.1) is 5.92 Å². The Bertz CT molecular complexity index is 1480. The number of aromatic nitrogens is 4. The normalized spacial score (nSPS) is 13.0.